The number of benzene rings is 4. The molecule has 5 aliphatic heterocycles. The smallest absolute Gasteiger partial charge is 0.157 e. The lowest BCUT2D eigenvalue weighted by atomic mass is 9.75. The van der Waals surface area contributed by atoms with E-state index >= 15 is 0 Å². The van der Waals surface area contributed by atoms with Crippen LogP contribution in [-0.4, -0.2) is 58.0 Å². The summed E-state index contributed by atoms with van der Waals surface area (Å²) in [4.78, 5) is 10.1. The lowest BCUT2D eigenvalue weighted by Crippen LogP contribution is -2.79. The van der Waals surface area contributed by atoms with Gasteiger partial charge in [0.1, 0.15) is 11.7 Å². The van der Waals surface area contributed by atoms with Gasteiger partial charge in [-0.3, -0.25) is 10.9 Å². The van der Waals surface area contributed by atoms with Gasteiger partial charge < -0.3 is 29.1 Å². The van der Waals surface area contributed by atoms with Crippen molar-refractivity contribution in [3.63, 3.8) is 0 Å². The molecule has 6 unspecified atom stereocenters. The summed E-state index contributed by atoms with van der Waals surface area (Å²) < 4.78 is 12.9. The Morgan fingerprint density at radius 3 is 1.20 bits per heavy atom. The number of amidine groups is 2. The Morgan fingerprint density at radius 2 is 0.848 bits per heavy atom. The van der Waals surface area contributed by atoms with E-state index in [9.17, 15) is 0 Å². The highest BCUT2D eigenvalue weighted by atomic mass is 16.5. The summed E-state index contributed by atoms with van der Waals surface area (Å²) in [5.41, 5.74) is 11.3. The second-order valence-electron chi connectivity index (χ2n) is 12.8. The fourth-order valence-corrected chi connectivity index (χ4v) is 8.79. The third-order valence-corrected chi connectivity index (χ3v) is 10.5. The molecule has 0 bridgehead atoms. The van der Waals surface area contributed by atoms with Crippen LogP contribution in [0.4, 0.5) is 22.7 Å². The van der Waals surface area contributed by atoms with Crippen molar-refractivity contribution < 1.29 is 9.47 Å². The van der Waals surface area contributed by atoms with E-state index in [1.807, 2.05) is 0 Å². The van der Waals surface area contributed by atoms with Crippen LogP contribution in [0.3, 0.4) is 0 Å². The number of rotatable bonds is 2. The molecule has 4 aromatic rings. The fraction of sp³-hybridized carbons (Fsp3) is 0.278. The molecular formula is C36H34N8O2. The van der Waals surface area contributed by atoms with Gasteiger partial charge in [0.05, 0.1) is 46.9 Å². The molecule has 0 radical (unpaired) electrons. The molecular weight excluding hydrogens is 576 g/mol. The van der Waals surface area contributed by atoms with Crippen molar-refractivity contribution >= 4 is 34.4 Å². The average Bonchev–Trinajstić information content (AvgIpc) is 3.68. The molecule has 0 aromatic heterocycles. The van der Waals surface area contributed by atoms with Gasteiger partial charge in [0.2, 0.25) is 0 Å². The molecule has 6 atom stereocenters. The number of piperazine rings is 1. The molecule has 4 aromatic carbocycles. The van der Waals surface area contributed by atoms with Crippen molar-refractivity contribution in [2.75, 3.05) is 9.80 Å². The zero-order chi connectivity index (χ0) is 30.5. The van der Waals surface area contributed by atoms with Crippen molar-refractivity contribution in [2.45, 2.75) is 63.2 Å². The van der Waals surface area contributed by atoms with Gasteiger partial charge in [-0.1, -0.05) is 48.5 Å². The van der Waals surface area contributed by atoms with Crippen molar-refractivity contribution in [1.82, 2.24) is 20.7 Å². The number of hydrogen-bond donors (Lipinski definition) is 2. The molecule has 1 saturated heterocycles. The molecule has 46 heavy (non-hydrogen) atoms. The SMILES string of the molecule is CC1=NNC2C3NN=C(C)N3C3C(N4c5ccccc5Oc5ccccc54)CCC(N4c5ccccc5Oc5ccccc54)C3N12. The zero-order valence-corrected chi connectivity index (χ0v) is 25.6. The molecule has 0 amide bonds. The summed E-state index contributed by atoms with van der Waals surface area (Å²) in [6.45, 7) is 4.26. The number of ether oxygens (including phenoxy) is 2. The van der Waals surface area contributed by atoms with Crippen LogP contribution in [0.15, 0.2) is 107 Å². The van der Waals surface area contributed by atoms with Gasteiger partial charge in [0, 0.05) is 0 Å². The minimum Gasteiger partial charge on any atom is -0.453 e. The van der Waals surface area contributed by atoms with Gasteiger partial charge in [-0.15, -0.1) is 0 Å². The number of para-hydroxylation sites is 8. The average molecular weight is 611 g/mol. The standard InChI is InChI=1S/C36H34N8O2/c1-21-37-39-35-36-40-38-22(2)42(36)34-28(44-25-13-5-9-17-31(25)46-32-18-10-6-14-26(32)44)20-19-27(33(34)41(21)35)43-23-11-3-7-15-29(23)45-30-16-8-4-12-24(30)43/h3-18,27-28,33-36,39-40H,19-20H2,1-2H3. The van der Waals surface area contributed by atoms with Gasteiger partial charge in [0.15, 0.2) is 35.3 Å². The van der Waals surface area contributed by atoms with Crippen LogP contribution < -0.4 is 30.1 Å². The number of nitrogens with one attached hydrogen (secondary N) is 2. The Kier molecular flexibility index (Phi) is 5.38. The molecule has 1 aliphatic carbocycles. The molecule has 10 nitrogen and oxygen atoms in total. The van der Waals surface area contributed by atoms with E-state index in [1.165, 1.54) is 0 Å². The summed E-state index contributed by atoms with van der Waals surface area (Å²) in [6, 6.07) is 34.0. The van der Waals surface area contributed by atoms with Crippen molar-refractivity contribution in [2.24, 2.45) is 10.2 Å². The van der Waals surface area contributed by atoms with E-state index in [1.54, 1.807) is 0 Å². The Bertz CT molecular complexity index is 1710. The summed E-state index contributed by atoms with van der Waals surface area (Å²) in [5.74, 6) is 5.51. The largest absolute Gasteiger partial charge is 0.453 e. The van der Waals surface area contributed by atoms with Gasteiger partial charge >= 0.3 is 0 Å². The molecule has 5 heterocycles. The second-order valence-corrected chi connectivity index (χ2v) is 12.8. The number of nitrogens with zero attached hydrogens (tertiary/aromatic N) is 6. The molecule has 2 N–H and O–H groups in total. The van der Waals surface area contributed by atoms with Crippen LogP contribution in [0.1, 0.15) is 26.7 Å². The van der Waals surface area contributed by atoms with E-state index < -0.39 is 0 Å². The number of fused-ring (bicyclic) bond motifs is 10. The molecule has 2 fully saturated rings. The minimum atomic E-state index is -0.0699. The van der Waals surface area contributed by atoms with Crippen LogP contribution in [0.25, 0.3) is 0 Å². The van der Waals surface area contributed by atoms with Gasteiger partial charge in [-0.05, 0) is 75.2 Å². The summed E-state index contributed by atoms with van der Waals surface area (Å²) >= 11 is 0. The highest BCUT2D eigenvalue weighted by molar-refractivity contribution is 5.87. The normalized spacial score (nSPS) is 28.0. The van der Waals surface area contributed by atoms with Crippen LogP contribution in [0.5, 0.6) is 23.0 Å². The van der Waals surface area contributed by atoms with Gasteiger partial charge in [-0.2, -0.15) is 10.2 Å². The summed E-state index contributed by atoms with van der Waals surface area (Å²) in [7, 11) is 0. The topological polar surface area (TPSA) is 80.2 Å². The monoisotopic (exact) mass is 610 g/mol. The quantitative estimate of drug-likeness (QED) is 0.274. The van der Waals surface area contributed by atoms with E-state index in [-0.39, 0.29) is 36.5 Å². The first-order valence-corrected chi connectivity index (χ1v) is 16.1. The maximum absolute atomic E-state index is 6.47. The maximum Gasteiger partial charge on any atom is 0.157 e. The number of anilines is 4. The van der Waals surface area contributed by atoms with Gasteiger partial charge in [0.25, 0.3) is 0 Å². The molecule has 6 aliphatic rings. The second kappa shape index (κ2) is 9.56. The molecule has 10 rings (SSSR count). The minimum absolute atomic E-state index is 0.0465. The maximum atomic E-state index is 6.47. The van der Waals surface area contributed by atoms with Crippen LogP contribution in [0.2, 0.25) is 0 Å². The third-order valence-electron chi connectivity index (χ3n) is 10.5. The number of hydrogen-bond acceptors (Lipinski definition) is 10. The first-order chi connectivity index (χ1) is 22.7. The predicted octanol–water partition coefficient (Wildman–Crippen LogP) is 6.29. The first-order valence-electron chi connectivity index (χ1n) is 16.1. The van der Waals surface area contributed by atoms with E-state index in [4.69, 9.17) is 19.7 Å². The first kappa shape index (κ1) is 25.9. The molecule has 0 spiro atoms. The highest BCUT2D eigenvalue weighted by Gasteiger charge is 2.61. The Morgan fingerprint density at radius 1 is 0.522 bits per heavy atom. The van der Waals surface area contributed by atoms with Crippen LogP contribution in [0, 0.1) is 0 Å². The molecule has 10 heteroatoms. The van der Waals surface area contributed by atoms with Crippen molar-refractivity contribution in [3.05, 3.63) is 97.1 Å². The van der Waals surface area contributed by atoms with E-state index in [0.717, 1.165) is 70.3 Å². The zero-order valence-electron chi connectivity index (χ0n) is 25.6. The van der Waals surface area contributed by atoms with E-state index in [2.05, 4.69) is 141 Å². The Hall–Kier alpha value is -5.38. The predicted molar refractivity (Wildman–Crippen MR) is 178 cm³/mol. The molecule has 1 saturated carbocycles. The lowest BCUT2D eigenvalue weighted by Gasteiger charge is -2.61. The molecule has 230 valence electrons. The number of hydrazone groups is 2. The summed E-state index contributed by atoms with van der Waals surface area (Å²) in [5, 5.41) is 9.67. The lowest BCUT2D eigenvalue weighted by molar-refractivity contribution is -0.0264. The van der Waals surface area contributed by atoms with Crippen molar-refractivity contribution in [1.29, 1.82) is 0 Å². The van der Waals surface area contributed by atoms with Gasteiger partial charge in [-0.25, -0.2) is 0 Å². The Balaban J connectivity index is 1.18. The van der Waals surface area contributed by atoms with E-state index in [0.29, 0.717) is 0 Å². The fourth-order valence-electron chi connectivity index (χ4n) is 8.79. The van der Waals surface area contributed by atoms with Crippen LogP contribution >= 0.6 is 0 Å². The third kappa shape index (κ3) is 3.46. The highest BCUT2D eigenvalue weighted by Crippen LogP contribution is 2.54. The van der Waals surface area contributed by atoms with Crippen LogP contribution in [-0.2, 0) is 0 Å². The van der Waals surface area contributed by atoms with Crippen molar-refractivity contribution in [3.8, 4) is 23.0 Å². The Labute approximate surface area is 267 Å². The summed E-state index contributed by atoms with van der Waals surface area (Å²) in [6.07, 6.45) is 1.77.